The molecule has 7 nitrogen and oxygen atoms in total. The van der Waals surface area contributed by atoms with Crippen LogP contribution in [-0.2, 0) is 14.8 Å². The summed E-state index contributed by atoms with van der Waals surface area (Å²) in [7, 11) is -3.57. The molecular weight excluding hydrogens is 380 g/mol. The summed E-state index contributed by atoms with van der Waals surface area (Å²) in [6.07, 6.45) is 3.75. The monoisotopic (exact) mass is 402 g/mol. The van der Waals surface area contributed by atoms with E-state index in [4.69, 9.17) is 9.47 Å². The van der Waals surface area contributed by atoms with E-state index in [2.05, 4.69) is 10.0 Å². The highest BCUT2D eigenvalue weighted by Gasteiger charge is 2.16. The number of sulfonamides is 1. The van der Waals surface area contributed by atoms with Gasteiger partial charge in [-0.25, -0.2) is 13.1 Å². The minimum absolute atomic E-state index is 0.148. The van der Waals surface area contributed by atoms with Gasteiger partial charge >= 0.3 is 0 Å². The quantitative estimate of drug-likeness (QED) is 0.694. The van der Waals surface area contributed by atoms with E-state index in [-0.39, 0.29) is 23.6 Å². The van der Waals surface area contributed by atoms with Gasteiger partial charge in [0.15, 0.2) is 11.5 Å². The van der Waals surface area contributed by atoms with E-state index in [1.165, 1.54) is 18.2 Å². The maximum absolute atomic E-state index is 12.2. The number of hydrogen-bond donors (Lipinski definition) is 2. The first-order chi connectivity index (χ1) is 13.4. The Labute approximate surface area is 164 Å². The molecule has 0 radical (unpaired) electrons. The second-order valence-electron chi connectivity index (χ2n) is 6.39. The number of carbonyl (C=O) groups excluding carboxylic acids is 1. The van der Waals surface area contributed by atoms with E-state index in [1.807, 2.05) is 13.0 Å². The zero-order valence-corrected chi connectivity index (χ0v) is 16.5. The van der Waals surface area contributed by atoms with E-state index >= 15 is 0 Å². The molecular formula is C20H22N2O5S. The molecule has 2 aromatic carbocycles. The molecule has 1 amide bonds. The molecule has 8 heteroatoms. The molecule has 2 N–H and O–H groups in total. The number of ether oxygens (including phenoxy) is 2. The third kappa shape index (κ3) is 4.90. The maximum Gasteiger partial charge on any atom is 0.248 e. The first kappa shape index (κ1) is 19.9. The van der Waals surface area contributed by atoms with Gasteiger partial charge in [0.1, 0.15) is 0 Å². The van der Waals surface area contributed by atoms with Crippen LogP contribution in [0.15, 0.2) is 53.4 Å². The van der Waals surface area contributed by atoms with Crippen LogP contribution in [0.4, 0.5) is 5.69 Å². The highest BCUT2D eigenvalue weighted by Crippen LogP contribution is 2.32. The van der Waals surface area contributed by atoms with Crippen LogP contribution in [0.3, 0.4) is 0 Å². The second-order valence-corrected chi connectivity index (χ2v) is 8.10. The van der Waals surface area contributed by atoms with E-state index in [0.717, 1.165) is 5.56 Å². The van der Waals surface area contributed by atoms with Gasteiger partial charge in [0.05, 0.1) is 4.90 Å². The highest BCUT2D eigenvalue weighted by atomic mass is 32.2. The number of benzene rings is 2. The molecule has 0 saturated heterocycles. The highest BCUT2D eigenvalue weighted by molar-refractivity contribution is 7.89. The molecule has 3 rings (SSSR count). The minimum atomic E-state index is -3.57. The van der Waals surface area contributed by atoms with Gasteiger partial charge in [0, 0.05) is 17.8 Å². The summed E-state index contributed by atoms with van der Waals surface area (Å²) in [4.78, 5) is 12.3. The predicted octanol–water partition coefficient (Wildman–Crippen LogP) is 3.14. The third-order valence-corrected chi connectivity index (χ3v) is 5.83. The van der Waals surface area contributed by atoms with Crippen LogP contribution in [0.1, 0.15) is 25.8 Å². The Morgan fingerprint density at radius 1 is 1.14 bits per heavy atom. The Bertz CT molecular complexity index is 984. The Hall–Kier alpha value is -2.84. The SMILES string of the molecule is CCC(C)NS(=O)(=O)c1ccc(NC(=O)C=Cc2ccc3c(c2)OCO3)cc1. The van der Waals surface area contributed by atoms with E-state index in [0.29, 0.717) is 23.6 Å². The smallest absolute Gasteiger partial charge is 0.248 e. The summed E-state index contributed by atoms with van der Waals surface area (Å²) < 4.78 is 37.6. The third-order valence-electron chi connectivity index (χ3n) is 4.22. The fourth-order valence-corrected chi connectivity index (χ4v) is 3.83. The molecule has 0 spiro atoms. The van der Waals surface area contributed by atoms with E-state index in [9.17, 15) is 13.2 Å². The number of rotatable bonds is 7. The fraction of sp³-hybridized carbons (Fsp3) is 0.250. The first-order valence-corrected chi connectivity index (χ1v) is 10.4. The molecule has 0 bridgehead atoms. The summed E-state index contributed by atoms with van der Waals surface area (Å²) in [6.45, 7) is 3.91. The largest absolute Gasteiger partial charge is 0.454 e. The summed E-state index contributed by atoms with van der Waals surface area (Å²) in [6, 6.07) is 11.3. The Morgan fingerprint density at radius 2 is 1.86 bits per heavy atom. The van der Waals surface area contributed by atoms with Crippen molar-refractivity contribution in [3.8, 4) is 11.5 Å². The first-order valence-electron chi connectivity index (χ1n) is 8.88. The lowest BCUT2D eigenvalue weighted by Gasteiger charge is -2.12. The molecule has 2 aromatic rings. The molecule has 1 aliphatic rings. The second kappa shape index (κ2) is 8.45. The Morgan fingerprint density at radius 3 is 2.57 bits per heavy atom. The Balaban J connectivity index is 1.61. The number of carbonyl (C=O) groups is 1. The lowest BCUT2D eigenvalue weighted by Crippen LogP contribution is -2.31. The van der Waals surface area contributed by atoms with Gasteiger partial charge in [-0.15, -0.1) is 0 Å². The van der Waals surface area contributed by atoms with Crippen molar-refractivity contribution >= 4 is 27.7 Å². The van der Waals surface area contributed by atoms with Crippen LogP contribution in [0.5, 0.6) is 11.5 Å². The van der Waals surface area contributed by atoms with Crippen LogP contribution < -0.4 is 19.5 Å². The summed E-state index contributed by atoms with van der Waals surface area (Å²) in [5.41, 5.74) is 1.31. The lowest BCUT2D eigenvalue weighted by atomic mass is 10.2. The van der Waals surface area contributed by atoms with Crippen LogP contribution in [0.25, 0.3) is 6.08 Å². The Kier molecular flexibility index (Phi) is 6.01. The molecule has 0 aromatic heterocycles. The molecule has 28 heavy (non-hydrogen) atoms. The molecule has 1 unspecified atom stereocenters. The number of anilines is 1. The molecule has 1 heterocycles. The molecule has 1 atom stereocenters. The molecule has 0 fully saturated rings. The van der Waals surface area contributed by atoms with Crippen molar-refractivity contribution in [1.82, 2.24) is 4.72 Å². The van der Waals surface area contributed by atoms with Gasteiger partial charge in [-0.2, -0.15) is 0 Å². The molecule has 0 saturated carbocycles. The maximum atomic E-state index is 12.2. The zero-order valence-electron chi connectivity index (χ0n) is 15.6. The number of fused-ring (bicyclic) bond motifs is 1. The van der Waals surface area contributed by atoms with Gasteiger partial charge in [-0.3, -0.25) is 4.79 Å². The number of nitrogens with one attached hydrogen (secondary N) is 2. The topological polar surface area (TPSA) is 93.7 Å². The normalized spacial score (nSPS) is 14.2. The fourth-order valence-electron chi connectivity index (χ4n) is 2.51. The van der Waals surface area contributed by atoms with Gasteiger partial charge < -0.3 is 14.8 Å². The van der Waals surface area contributed by atoms with Gasteiger partial charge in [-0.1, -0.05) is 13.0 Å². The minimum Gasteiger partial charge on any atom is -0.454 e. The van der Waals surface area contributed by atoms with Gasteiger partial charge in [-0.05, 0) is 61.4 Å². The predicted molar refractivity (Wildman–Crippen MR) is 107 cm³/mol. The number of amides is 1. The van der Waals surface area contributed by atoms with Crippen molar-refractivity contribution in [2.24, 2.45) is 0 Å². The van der Waals surface area contributed by atoms with Crippen molar-refractivity contribution in [2.45, 2.75) is 31.2 Å². The van der Waals surface area contributed by atoms with E-state index < -0.39 is 10.0 Å². The molecule has 0 aliphatic carbocycles. The summed E-state index contributed by atoms with van der Waals surface area (Å²) in [5, 5.41) is 2.70. The zero-order chi connectivity index (χ0) is 20.1. The van der Waals surface area contributed by atoms with E-state index in [1.54, 1.807) is 37.3 Å². The average Bonchev–Trinajstić information content (AvgIpc) is 3.14. The molecule has 1 aliphatic heterocycles. The molecule has 148 valence electrons. The van der Waals surface area contributed by atoms with Crippen LogP contribution in [0, 0.1) is 0 Å². The van der Waals surface area contributed by atoms with Crippen LogP contribution in [-0.4, -0.2) is 27.2 Å². The standard InChI is InChI=1S/C20H22N2O5S/c1-3-14(2)22-28(24,25)17-8-6-16(7-9-17)21-20(23)11-5-15-4-10-18-19(12-15)27-13-26-18/h4-12,14,22H,3,13H2,1-2H3,(H,21,23). The van der Waals surface area contributed by atoms with Crippen LogP contribution >= 0.6 is 0 Å². The average molecular weight is 402 g/mol. The van der Waals surface area contributed by atoms with Crippen molar-refractivity contribution < 1.29 is 22.7 Å². The summed E-state index contributed by atoms with van der Waals surface area (Å²) in [5.74, 6) is 0.996. The number of hydrogen-bond acceptors (Lipinski definition) is 5. The lowest BCUT2D eigenvalue weighted by molar-refractivity contribution is -0.111. The van der Waals surface area contributed by atoms with Gasteiger partial charge in [0.2, 0.25) is 22.7 Å². The van der Waals surface area contributed by atoms with Crippen molar-refractivity contribution in [3.05, 3.63) is 54.1 Å². The van der Waals surface area contributed by atoms with Crippen molar-refractivity contribution in [3.63, 3.8) is 0 Å². The van der Waals surface area contributed by atoms with Crippen LogP contribution in [0.2, 0.25) is 0 Å². The van der Waals surface area contributed by atoms with Crippen molar-refractivity contribution in [1.29, 1.82) is 0 Å². The van der Waals surface area contributed by atoms with Gasteiger partial charge in [0.25, 0.3) is 0 Å². The summed E-state index contributed by atoms with van der Waals surface area (Å²) >= 11 is 0. The van der Waals surface area contributed by atoms with Crippen molar-refractivity contribution in [2.75, 3.05) is 12.1 Å².